The third kappa shape index (κ3) is 2.18. The van der Waals surface area contributed by atoms with Gasteiger partial charge >= 0.3 is 5.69 Å². The zero-order chi connectivity index (χ0) is 14.9. The van der Waals surface area contributed by atoms with Gasteiger partial charge in [0.15, 0.2) is 0 Å². The standard InChI is InChI=1S/C12H9F2N3O3/c13-8-3-4-9(17(19)20)11(14)10(8)12(18)16-5-1-2-7(16)6-15/h3-4,7H,1-2,5H2. The molecule has 1 aliphatic heterocycles. The van der Waals surface area contributed by atoms with Gasteiger partial charge in [0.25, 0.3) is 5.91 Å². The molecule has 1 aromatic rings. The van der Waals surface area contributed by atoms with Gasteiger partial charge in [-0.1, -0.05) is 0 Å². The molecule has 1 fully saturated rings. The van der Waals surface area contributed by atoms with E-state index < -0.39 is 39.8 Å². The van der Waals surface area contributed by atoms with E-state index in [4.69, 9.17) is 5.26 Å². The van der Waals surface area contributed by atoms with Crippen molar-refractivity contribution in [3.63, 3.8) is 0 Å². The van der Waals surface area contributed by atoms with E-state index in [2.05, 4.69) is 0 Å². The van der Waals surface area contributed by atoms with Crippen LogP contribution in [0.5, 0.6) is 0 Å². The Balaban J connectivity index is 2.47. The van der Waals surface area contributed by atoms with Crippen LogP contribution in [0.3, 0.4) is 0 Å². The second kappa shape index (κ2) is 5.21. The van der Waals surface area contributed by atoms with Crippen molar-refractivity contribution in [2.75, 3.05) is 6.54 Å². The summed E-state index contributed by atoms with van der Waals surface area (Å²) in [4.78, 5) is 22.7. The molecule has 0 aromatic heterocycles. The second-order valence-electron chi connectivity index (χ2n) is 4.30. The Labute approximate surface area is 112 Å². The number of nitro groups is 1. The Morgan fingerprint density at radius 2 is 2.20 bits per heavy atom. The molecule has 0 spiro atoms. The predicted molar refractivity (Wildman–Crippen MR) is 62.7 cm³/mol. The molecule has 0 radical (unpaired) electrons. The zero-order valence-electron chi connectivity index (χ0n) is 10.2. The van der Waals surface area contributed by atoms with Gasteiger partial charge in [-0.15, -0.1) is 0 Å². The summed E-state index contributed by atoms with van der Waals surface area (Å²) in [5, 5.41) is 19.5. The van der Waals surface area contributed by atoms with Crippen LogP contribution < -0.4 is 0 Å². The molecular weight excluding hydrogens is 272 g/mol. The number of nitriles is 1. The lowest BCUT2D eigenvalue weighted by Gasteiger charge is -2.19. The third-order valence-electron chi connectivity index (χ3n) is 3.14. The highest BCUT2D eigenvalue weighted by Crippen LogP contribution is 2.27. The maximum Gasteiger partial charge on any atom is 0.305 e. The van der Waals surface area contributed by atoms with Crippen LogP contribution in [-0.2, 0) is 0 Å². The van der Waals surface area contributed by atoms with Crippen molar-refractivity contribution in [1.29, 1.82) is 5.26 Å². The summed E-state index contributed by atoms with van der Waals surface area (Å²) in [5.74, 6) is -3.72. The van der Waals surface area contributed by atoms with Crippen LogP contribution >= 0.6 is 0 Å². The van der Waals surface area contributed by atoms with Crippen molar-refractivity contribution >= 4 is 11.6 Å². The first kappa shape index (κ1) is 13.9. The first-order valence-corrected chi connectivity index (χ1v) is 5.80. The Hall–Kier alpha value is -2.56. The number of carbonyl (C=O) groups excluding carboxylic acids is 1. The molecule has 1 amide bonds. The molecule has 1 unspecified atom stereocenters. The second-order valence-corrected chi connectivity index (χ2v) is 4.30. The minimum absolute atomic E-state index is 0.193. The highest BCUT2D eigenvalue weighted by Gasteiger charge is 2.34. The maximum atomic E-state index is 13.9. The molecule has 0 bridgehead atoms. The van der Waals surface area contributed by atoms with Crippen molar-refractivity contribution < 1.29 is 18.5 Å². The smallest absolute Gasteiger partial charge is 0.305 e. The van der Waals surface area contributed by atoms with Gasteiger partial charge < -0.3 is 4.90 Å². The topological polar surface area (TPSA) is 87.2 Å². The maximum absolute atomic E-state index is 13.9. The number of amides is 1. The molecule has 1 atom stereocenters. The number of rotatable bonds is 2. The number of nitro benzene ring substituents is 1. The summed E-state index contributed by atoms with van der Waals surface area (Å²) in [5.41, 5.74) is -1.95. The number of benzene rings is 1. The largest absolute Gasteiger partial charge is 0.322 e. The summed E-state index contributed by atoms with van der Waals surface area (Å²) in [6.45, 7) is 0.193. The van der Waals surface area contributed by atoms with Gasteiger partial charge in [-0.25, -0.2) is 4.39 Å². The summed E-state index contributed by atoms with van der Waals surface area (Å²) in [6.07, 6.45) is 0.961. The number of carbonyl (C=O) groups is 1. The number of halogens is 2. The lowest BCUT2D eigenvalue weighted by molar-refractivity contribution is -0.387. The fraction of sp³-hybridized carbons (Fsp3) is 0.333. The van der Waals surface area contributed by atoms with E-state index in [1.165, 1.54) is 0 Å². The minimum atomic E-state index is -1.51. The van der Waals surface area contributed by atoms with Gasteiger partial charge in [0.1, 0.15) is 17.4 Å². The van der Waals surface area contributed by atoms with Crippen molar-refractivity contribution in [2.45, 2.75) is 18.9 Å². The van der Waals surface area contributed by atoms with Crippen molar-refractivity contribution in [3.8, 4) is 6.07 Å². The zero-order valence-corrected chi connectivity index (χ0v) is 10.2. The van der Waals surface area contributed by atoms with Crippen molar-refractivity contribution in [3.05, 3.63) is 39.4 Å². The molecule has 104 valence electrons. The van der Waals surface area contributed by atoms with E-state index in [0.717, 1.165) is 4.90 Å². The third-order valence-corrected chi connectivity index (χ3v) is 3.14. The van der Waals surface area contributed by atoms with Crippen LogP contribution in [-0.4, -0.2) is 28.3 Å². The molecule has 6 nitrogen and oxygen atoms in total. The Morgan fingerprint density at radius 3 is 2.80 bits per heavy atom. The fourth-order valence-corrected chi connectivity index (χ4v) is 2.17. The van der Waals surface area contributed by atoms with Crippen LogP contribution in [0, 0.1) is 33.1 Å². The summed E-state index contributed by atoms with van der Waals surface area (Å²) in [6, 6.07) is 2.44. The first-order valence-electron chi connectivity index (χ1n) is 5.80. The number of nitrogens with zero attached hydrogens (tertiary/aromatic N) is 3. The monoisotopic (exact) mass is 281 g/mol. The van der Waals surface area contributed by atoms with Gasteiger partial charge in [-0.2, -0.15) is 9.65 Å². The molecule has 0 saturated carbocycles. The highest BCUT2D eigenvalue weighted by molar-refractivity contribution is 5.96. The lowest BCUT2D eigenvalue weighted by Crippen LogP contribution is -2.35. The average molecular weight is 281 g/mol. The number of likely N-dealkylation sites (tertiary alicyclic amines) is 1. The molecule has 2 rings (SSSR count). The molecule has 20 heavy (non-hydrogen) atoms. The lowest BCUT2D eigenvalue weighted by atomic mass is 10.1. The molecule has 1 saturated heterocycles. The summed E-state index contributed by atoms with van der Waals surface area (Å²) >= 11 is 0. The number of hydrogen-bond donors (Lipinski definition) is 0. The minimum Gasteiger partial charge on any atom is -0.322 e. The summed E-state index contributed by atoms with van der Waals surface area (Å²) in [7, 11) is 0. The molecule has 1 heterocycles. The van der Waals surface area contributed by atoms with Crippen LogP contribution in [0.2, 0.25) is 0 Å². The molecular formula is C12H9F2N3O3. The van der Waals surface area contributed by atoms with Gasteiger partial charge in [-0.05, 0) is 18.9 Å². The Morgan fingerprint density at radius 1 is 1.50 bits per heavy atom. The van der Waals surface area contributed by atoms with E-state index in [0.29, 0.717) is 25.0 Å². The van der Waals surface area contributed by atoms with Crippen LogP contribution in [0.1, 0.15) is 23.2 Å². The highest BCUT2D eigenvalue weighted by atomic mass is 19.1. The van der Waals surface area contributed by atoms with Gasteiger partial charge in [0, 0.05) is 12.6 Å². The van der Waals surface area contributed by atoms with Crippen molar-refractivity contribution in [1.82, 2.24) is 4.90 Å². The van der Waals surface area contributed by atoms with Gasteiger partial charge in [0.05, 0.1) is 11.0 Å². The Kier molecular flexibility index (Phi) is 3.61. The van der Waals surface area contributed by atoms with Gasteiger partial charge in [0.2, 0.25) is 5.82 Å². The SMILES string of the molecule is N#CC1CCCN1C(=O)c1c(F)ccc([N+](=O)[O-])c1F. The van der Waals surface area contributed by atoms with Crippen LogP contribution in [0.4, 0.5) is 14.5 Å². The first-order chi connectivity index (χ1) is 9.47. The summed E-state index contributed by atoms with van der Waals surface area (Å²) < 4.78 is 27.5. The predicted octanol–water partition coefficient (Wildman–Crippen LogP) is 2.00. The van der Waals surface area contributed by atoms with E-state index in [1.807, 2.05) is 6.07 Å². The average Bonchev–Trinajstić information content (AvgIpc) is 2.86. The molecule has 8 heteroatoms. The molecule has 1 aliphatic rings. The number of hydrogen-bond acceptors (Lipinski definition) is 4. The quantitative estimate of drug-likeness (QED) is 0.612. The molecule has 1 aromatic carbocycles. The van der Waals surface area contributed by atoms with E-state index in [-0.39, 0.29) is 6.54 Å². The van der Waals surface area contributed by atoms with E-state index >= 15 is 0 Å². The molecule has 0 N–H and O–H groups in total. The van der Waals surface area contributed by atoms with E-state index in [1.54, 1.807) is 0 Å². The normalized spacial score (nSPS) is 17.9. The molecule has 0 aliphatic carbocycles. The van der Waals surface area contributed by atoms with Crippen LogP contribution in [0.25, 0.3) is 0 Å². The van der Waals surface area contributed by atoms with Gasteiger partial charge in [-0.3, -0.25) is 14.9 Å². The fourth-order valence-electron chi connectivity index (χ4n) is 2.17. The Bertz CT molecular complexity index is 627. The van der Waals surface area contributed by atoms with E-state index in [9.17, 15) is 23.7 Å². The van der Waals surface area contributed by atoms with Crippen LogP contribution in [0.15, 0.2) is 12.1 Å². The van der Waals surface area contributed by atoms with Crippen molar-refractivity contribution in [2.24, 2.45) is 0 Å².